The molecule has 1 atom stereocenters. The molecule has 0 saturated heterocycles. The van der Waals surface area contributed by atoms with Crippen LogP contribution in [0.4, 0.5) is 0 Å². The second kappa shape index (κ2) is 7.01. The lowest BCUT2D eigenvalue weighted by molar-refractivity contribution is -0.138. The van der Waals surface area contributed by atoms with E-state index in [0.29, 0.717) is 17.4 Å². The van der Waals surface area contributed by atoms with E-state index in [1.165, 1.54) is 0 Å². The first kappa shape index (κ1) is 12.6. The fraction of sp³-hybridized carbons (Fsp3) is 0.700. The molecule has 0 fully saturated rings. The molecule has 0 saturated carbocycles. The molecule has 0 amide bonds. The van der Waals surface area contributed by atoms with Crippen LogP contribution in [0.25, 0.3) is 0 Å². The Morgan fingerprint density at radius 1 is 1.62 bits per heavy atom. The summed E-state index contributed by atoms with van der Waals surface area (Å²) in [6.45, 7) is 9.86. The highest BCUT2D eigenvalue weighted by atomic mass is 32.2. The van der Waals surface area contributed by atoms with Gasteiger partial charge in [-0.25, -0.2) is 4.79 Å². The predicted octanol–water partition coefficient (Wildman–Crippen LogP) is 2.64. The summed E-state index contributed by atoms with van der Waals surface area (Å²) in [5.74, 6) is 0.829. The van der Waals surface area contributed by atoms with Crippen LogP contribution in [0.1, 0.15) is 27.2 Å². The normalized spacial score (nSPS) is 12.2. The fourth-order valence-electron chi connectivity index (χ4n) is 0.683. The monoisotopic (exact) mass is 202 g/mol. The van der Waals surface area contributed by atoms with Gasteiger partial charge < -0.3 is 4.74 Å². The number of carbonyl (C=O) groups excluding carboxylic acids is 1. The SMILES string of the molecule is C=C(C)C(=O)OCC(C)SCCC. The van der Waals surface area contributed by atoms with Crippen LogP contribution in [0.2, 0.25) is 0 Å². The van der Waals surface area contributed by atoms with E-state index >= 15 is 0 Å². The standard InChI is InChI=1S/C10H18O2S/c1-5-6-13-9(4)7-12-10(11)8(2)3/h9H,2,5-7H2,1,3-4H3. The summed E-state index contributed by atoms with van der Waals surface area (Å²) in [4.78, 5) is 11.0. The van der Waals surface area contributed by atoms with Gasteiger partial charge in [0.05, 0.1) is 0 Å². The summed E-state index contributed by atoms with van der Waals surface area (Å²) < 4.78 is 5.00. The third kappa shape index (κ3) is 6.70. The molecule has 1 unspecified atom stereocenters. The van der Waals surface area contributed by atoms with Crippen molar-refractivity contribution < 1.29 is 9.53 Å². The zero-order valence-electron chi connectivity index (χ0n) is 8.63. The highest BCUT2D eigenvalue weighted by Gasteiger charge is 2.07. The van der Waals surface area contributed by atoms with Crippen molar-refractivity contribution in [2.75, 3.05) is 12.4 Å². The lowest BCUT2D eigenvalue weighted by Crippen LogP contribution is -2.14. The number of hydrogen-bond acceptors (Lipinski definition) is 3. The van der Waals surface area contributed by atoms with E-state index in [2.05, 4.69) is 20.4 Å². The largest absolute Gasteiger partial charge is 0.461 e. The maximum absolute atomic E-state index is 11.0. The molecule has 76 valence electrons. The van der Waals surface area contributed by atoms with Gasteiger partial charge in [-0.2, -0.15) is 11.8 Å². The van der Waals surface area contributed by atoms with Crippen LogP contribution in [0, 0.1) is 0 Å². The molecule has 3 heteroatoms. The lowest BCUT2D eigenvalue weighted by atomic mass is 10.4. The molecule has 0 aliphatic heterocycles. The highest BCUT2D eigenvalue weighted by molar-refractivity contribution is 7.99. The van der Waals surface area contributed by atoms with Crippen molar-refractivity contribution in [3.8, 4) is 0 Å². The summed E-state index contributed by atoms with van der Waals surface area (Å²) in [5, 5.41) is 0.378. The molecule has 0 heterocycles. The molecule has 0 aromatic rings. The molecule has 0 spiro atoms. The van der Waals surface area contributed by atoms with Gasteiger partial charge in [-0.15, -0.1) is 0 Å². The van der Waals surface area contributed by atoms with Crippen molar-refractivity contribution >= 4 is 17.7 Å². The predicted molar refractivity (Wildman–Crippen MR) is 58.0 cm³/mol. The Labute approximate surface area is 84.7 Å². The van der Waals surface area contributed by atoms with Crippen molar-refractivity contribution in [2.24, 2.45) is 0 Å². The Hall–Kier alpha value is -0.440. The number of ether oxygens (including phenoxy) is 1. The smallest absolute Gasteiger partial charge is 0.333 e. The molecule has 0 radical (unpaired) electrons. The molecule has 0 N–H and O–H groups in total. The van der Waals surface area contributed by atoms with E-state index in [9.17, 15) is 4.79 Å². The fourth-order valence-corrected chi connectivity index (χ4v) is 1.49. The topological polar surface area (TPSA) is 26.3 Å². The quantitative estimate of drug-likeness (QED) is 0.489. The zero-order chi connectivity index (χ0) is 10.3. The summed E-state index contributed by atoms with van der Waals surface area (Å²) in [5.41, 5.74) is 0.465. The van der Waals surface area contributed by atoms with E-state index in [4.69, 9.17) is 4.74 Å². The van der Waals surface area contributed by atoms with Crippen molar-refractivity contribution in [1.82, 2.24) is 0 Å². The number of esters is 1. The number of rotatable bonds is 6. The second-order valence-electron chi connectivity index (χ2n) is 3.06. The maximum atomic E-state index is 11.0. The molecular formula is C10H18O2S. The molecule has 0 aromatic carbocycles. The Morgan fingerprint density at radius 2 is 2.23 bits per heavy atom. The lowest BCUT2D eigenvalue weighted by Gasteiger charge is -2.10. The number of thioether (sulfide) groups is 1. The molecule has 0 aromatic heterocycles. The second-order valence-corrected chi connectivity index (χ2v) is 4.61. The van der Waals surface area contributed by atoms with Crippen LogP contribution in [-0.4, -0.2) is 23.6 Å². The van der Waals surface area contributed by atoms with Gasteiger partial charge >= 0.3 is 5.97 Å². The third-order valence-corrected chi connectivity index (χ3v) is 2.75. The molecule has 0 rings (SSSR count). The van der Waals surface area contributed by atoms with E-state index in [0.717, 1.165) is 12.2 Å². The molecule has 0 bridgehead atoms. The minimum Gasteiger partial charge on any atom is -0.461 e. The molecule has 13 heavy (non-hydrogen) atoms. The number of hydrogen-bond donors (Lipinski definition) is 0. The van der Waals surface area contributed by atoms with Gasteiger partial charge in [0.2, 0.25) is 0 Å². The first-order chi connectivity index (χ1) is 6.07. The van der Waals surface area contributed by atoms with Gasteiger partial charge in [0.25, 0.3) is 0 Å². The van der Waals surface area contributed by atoms with Crippen molar-refractivity contribution in [3.05, 3.63) is 12.2 Å². The van der Waals surface area contributed by atoms with Gasteiger partial charge in [-0.1, -0.05) is 13.5 Å². The van der Waals surface area contributed by atoms with Crippen LogP contribution < -0.4 is 0 Å². The Balaban J connectivity index is 3.51. The van der Waals surface area contributed by atoms with Gasteiger partial charge in [0.1, 0.15) is 6.61 Å². The summed E-state index contributed by atoms with van der Waals surface area (Å²) in [7, 11) is 0. The van der Waals surface area contributed by atoms with Crippen molar-refractivity contribution in [2.45, 2.75) is 32.4 Å². The van der Waals surface area contributed by atoms with Crippen LogP contribution in [0.5, 0.6) is 0 Å². The first-order valence-corrected chi connectivity index (χ1v) is 5.57. The Morgan fingerprint density at radius 3 is 2.69 bits per heavy atom. The van der Waals surface area contributed by atoms with E-state index in [1.54, 1.807) is 6.92 Å². The van der Waals surface area contributed by atoms with Crippen LogP contribution in [0.3, 0.4) is 0 Å². The van der Waals surface area contributed by atoms with Gasteiger partial charge in [0, 0.05) is 10.8 Å². The molecule has 0 aliphatic rings. The molecule has 2 nitrogen and oxygen atoms in total. The first-order valence-electron chi connectivity index (χ1n) is 4.52. The maximum Gasteiger partial charge on any atom is 0.333 e. The van der Waals surface area contributed by atoms with Crippen LogP contribution in [0.15, 0.2) is 12.2 Å². The Bertz CT molecular complexity index is 178. The van der Waals surface area contributed by atoms with E-state index in [-0.39, 0.29) is 5.97 Å². The Kier molecular flexibility index (Phi) is 6.77. The zero-order valence-corrected chi connectivity index (χ0v) is 9.45. The molecule has 0 aliphatic carbocycles. The van der Waals surface area contributed by atoms with Crippen molar-refractivity contribution in [1.29, 1.82) is 0 Å². The van der Waals surface area contributed by atoms with Gasteiger partial charge in [-0.05, 0) is 26.0 Å². The van der Waals surface area contributed by atoms with Gasteiger partial charge in [-0.3, -0.25) is 0 Å². The highest BCUT2D eigenvalue weighted by Crippen LogP contribution is 2.11. The van der Waals surface area contributed by atoms with E-state index in [1.807, 2.05) is 11.8 Å². The minimum atomic E-state index is -0.288. The van der Waals surface area contributed by atoms with Crippen LogP contribution >= 0.6 is 11.8 Å². The van der Waals surface area contributed by atoms with Gasteiger partial charge in [0.15, 0.2) is 0 Å². The van der Waals surface area contributed by atoms with Crippen molar-refractivity contribution in [3.63, 3.8) is 0 Å². The minimum absolute atomic E-state index is 0.288. The van der Waals surface area contributed by atoms with E-state index < -0.39 is 0 Å². The summed E-state index contributed by atoms with van der Waals surface area (Å²) in [6, 6.07) is 0. The van der Waals surface area contributed by atoms with Crippen LogP contribution in [-0.2, 0) is 9.53 Å². The average molecular weight is 202 g/mol. The third-order valence-electron chi connectivity index (χ3n) is 1.40. The summed E-state index contributed by atoms with van der Waals surface area (Å²) >= 11 is 1.82. The summed E-state index contributed by atoms with van der Waals surface area (Å²) in [6.07, 6.45) is 1.16. The molecular weight excluding hydrogens is 184 g/mol. The number of carbonyl (C=O) groups is 1. The average Bonchev–Trinajstić information content (AvgIpc) is 2.10.